The number of terminal acetylenes is 1. The summed E-state index contributed by atoms with van der Waals surface area (Å²) in [5, 5.41) is 2.85. The Balaban J connectivity index is 3.17. The van der Waals surface area contributed by atoms with Gasteiger partial charge >= 0.3 is 17.9 Å². The molecular formula is C33H59N5O8. The van der Waals surface area contributed by atoms with Crippen molar-refractivity contribution in [3.05, 3.63) is 0 Å². The molecule has 1 aliphatic heterocycles. The predicted octanol–water partition coefficient (Wildman–Crippen LogP) is 0.999. The minimum absolute atomic E-state index is 0.0644. The Kier molecular flexibility index (Phi) is 17.8. The van der Waals surface area contributed by atoms with Crippen LogP contribution in [0.5, 0.6) is 0 Å². The summed E-state index contributed by atoms with van der Waals surface area (Å²) in [4.78, 5) is 59.2. The maximum atomic E-state index is 12.8. The van der Waals surface area contributed by atoms with Gasteiger partial charge in [-0.1, -0.05) is 5.92 Å². The molecule has 1 amide bonds. The van der Waals surface area contributed by atoms with Crippen LogP contribution >= 0.6 is 0 Å². The third kappa shape index (κ3) is 21.9. The third-order valence-corrected chi connectivity index (χ3v) is 6.37. The van der Waals surface area contributed by atoms with Gasteiger partial charge in [-0.15, -0.1) is 6.42 Å². The zero-order chi connectivity index (χ0) is 35.0. The lowest BCUT2D eigenvalue weighted by molar-refractivity contribution is -0.158. The molecule has 0 aliphatic carbocycles. The van der Waals surface area contributed by atoms with Crippen molar-refractivity contribution < 1.29 is 38.1 Å². The van der Waals surface area contributed by atoms with Crippen LogP contribution in [0.25, 0.3) is 0 Å². The minimum atomic E-state index is -0.627. The standard InChI is InChI=1S/C33H59N5O8/c1-11-21-43-22-12-34-27(39)23-35-13-15-36(24-28(40)44-31(2,3)4)17-19-38(26-30(42)46-33(8,9)10)20-18-37(16-14-35)25-29(41)45-32(5,6)7/h1H,12-26H2,2-10H3,(H,34,39). The second-order valence-electron chi connectivity index (χ2n) is 14.5. The summed E-state index contributed by atoms with van der Waals surface area (Å²) in [5.41, 5.74) is -1.88. The molecule has 0 bridgehead atoms. The highest BCUT2D eigenvalue weighted by Gasteiger charge is 2.26. The maximum Gasteiger partial charge on any atom is 0.320 e. The van der Waals surface area contributed by atoms with Crippen LogP contribution in [0.4, 0.5) is 0 Å². The van der Waals surface area contributed by atoms with Crippen LogP contribution < -0.4 is 5.32 Å². The predicted molar refractivity (Wildman–Crippen MR) is 176 cm³/mol. The Labute approximate surface area is 276 Å². The molecule has 46 heavy (non-hydrogen) atoms. The van der Waals surface area contributed by atoms with Gasteiger partial charge in [-0.3, -0.25) is 38.8 Å². The topological polar surface area (TPSA) is 130 Å². The molecule has 0 saturated carbocycles. The van der Waals surface area contributed by atoms with Gasteiger partial charge in [-0.25, -0.2) is 0 Å². The van der Waals surface area contributed by atoms with E-state index in [9.17, 15) is 19.2 Å². The van der Waals surface area contributed by atoms with Gasteiger partial charge < -0.3 is 24.3 Å². The summed E-state index contributed by atoms with van der Waals surface area (Å²) < 4.78 is 22.0. The van der Waals surface area contributed by atoms with Crippen LogP contribution in [0.15, 0.2) is 0 Å². The van der Waals surface area contributed by atoms with Crippen molar-refractivity contribution >= 4 is 23.8 Å². The summed E-state index contributed by atoms with van der Waals surface area (Å²) in [6.45, 7) is 21.4. The van der Waals surface area contributed by atoms with Crippen LogP contribution in [0.3, 0.4) is 0 Å². The van der Waals surface area contributed by atoms with Gasteiger partial charge in [0.2, 0.25) is 5.91 Å². The number of rotatable bonds is 12. The van der Waals surface area contributed by atoms with E-state index in [0.29, 0.717) is 65.5 Å². The lowest BCUT2D eigenvalue weighted by Crippen LogP contribution is -2.50. The maximum absolute atomic E-state index is 12.8. The van der Waals surface area contributed by atoms with E-state index < -0.39 is 16.8 Å². The van der Waals surface area contributed by atoms with E-state index in [2.05, 4.69) is 11.2 Å². The normalized spacial score (nSPS) is 17.2. The molecule has 1 rings (SSSR count). The molecule has 0 aromatic heterocycles. The van der Waals surface area contributed by atoms with Crippen LogP contribution in [-0.4, -0.2) is 159 Å². The number of hydrogen-bond acceptors (Lipinski definition) is 12. The van der Waals surface area contributed by atoms with Crippen molar-refractivity contribution in [1.82, 2.24) is 24.9 Å². The molecule has 1 fully saturated rings. The number of ether oxygens (including phenoxy) is 4. The van der Waals surface area contributed by atoms with Crippen LogP contribution in [0.1, 0.15) is 62.3 Å². The SMILES string of the molecule is C#CCOCCNC(=O)CN1CCN(CC(=O)OC(C)(C)C)CCN(CC(=O)OC(C)(C)C)CCN(CC(=O)OC(C)(C)C)CC1. The molecule has 1 saturated heterocycles. The fourth-order valence-electron chi connectivity index (χ4n) is 4.53. The van der Waals surface area contributed by atoms with Crippen LogP contribution in [0, 0.1) is 12.3 Å². The van der Waals surface area contributed by atoms with Gasteiger partial charge in [0, 0.05) is 58.9 Å². The van der Waals surface area contributed by atoms with Crippen molar-refractivity contribution in [2.45, 2.75) is 79.1 Å². The molecule has 1 N–H and O–H groups in total. The monoisotopic (exact) mass is 653 g/mol. The first-order chi connectivity index (χ1) is 21.2. The number of carbonyl (C=O) groups is 4. The molecule has 0 spiro atoms. The van der Waals surface area contributed by atoms with E-state index >= 15 is 0 Å². The molecule has 13 heteroatoms. The molecular weight excluding hydrogens is 594 g/mol. The Morgan fingerprint density at radius 2 is 0.891 bits per heavy atom. The van der Waals surface area contributed by atoms with Gasteiger partial charge in [0.05, 0.1) is 32.8 Å². The second kappa shape index (κ2) is 19.8. The third-order valence-electron chi connectivity index (χ3n) is 6.37. The number of hydrogen-bond donors (Lipinski definition) is 1. The Morgan fingerprint density at radius 1 is 0.587 bits per heavy atom. The molecule has 0 aromatic carbocycles. The molecule has 1 heterocycles. The van der Waals surface area contributed by atoms with E-state index in [1.165, 1.54) is 0 Å². The number of esters is 3. The Morgan fingerprint density at radius 3 is 1.17 bits per heavy atom. The Bertz CT molecular complexity index is 963. The van der Waals surface area contributed by atoms with E-state index in [1.54, 1.807) is 0 Å². The van der Waals surface area contributed by atoms with Gasteiger partial charge in [0.15, 0.2) is 0 Å². The molecule has 13 nitrogen and oxygen atoms in total. The highest BCUT2D eigenvalue weighted by atomic mass is 16.6. The summed E-state index contributed by atoms with van der Waals surface area (Å²) in [6.07, 6.45) is 5.20. The quantitative estimate of drug-likeness (QED) is 0.140. The first kappa shape index (κ1) is 41.3. The second-order valence-corrected chi connectivity index (χ2v) is 14.5. The Hall–Kier alpha value is -2.76. The summed E-state index contributed by atoms with van der Waals surface area (Å²) in [6, 6.07) is 0. The van der Waals surface area contributed by atoms with E-state index in [1.807, 2.05) is 81.9 Å². The minimum Gasteiger partial charge on any atom is -0.459 e. The van der Waals surface area contributed by atoms with Gasteiger partial charge in [0.25, 0.3) is 0 Å². The van der Waals surface area contributed by atoms with Gasteiger partial charge in [-0.05, 0) is 62.3 Å². The lowest BCUT2D eigenvalue weighted by Gasteiger charge is -2.34. The average Bonchev–Trinajstić information content (AvgIpc) is 2.86. The largest absolute Gasteiger partial charge is 0.459 e. The average molecular weight is 654 g/mol. The summed E-state index contributed by atoms with van der Waals surface area (Å²) in [5.74, 6) is 1.18. The van der Waals surface area contributed by atoms with E-state index in [0.717, 1.165) is 0 Å². The fraction of sp³-hybridized carbons (Fsp3) is 0.818. The zero-order valence-electron chi connectivity index (χ0n) is 29.7. The van der Waals surface area contributed by atoms with Crippen molar-refractivity contribution in [3.8, 4) is 12.3 Å². The fourth-order valence-corrected chi connectivity index (χ4v) is 4.53. The summed E-state index contributed by atoms with van der Waals surface area (Å²) >= 11 is 0. The van der Waals surface area contributed by atoms with Crippen LogP contribution in [-0.2, 0) is 38.1 Å². The number of amides is 1. The smallest absolute Gasteiger partial charge is 0.320 e. The number of nitrogens with zero attached hydrogens (tertiary/aromatic N) is 4. The number of carbonyl (C=O) groups excluding carboxylic acids is 4. The van der Waals surface area contributed by atoms with Crippen LogP contribution in [0.2, 0.25) is 0 Å². The first-order valence-electron chi connectivity index (χ1n) is 16.1. The molecule has 0 atom stereocenters. The van der Waals surface area contributed by atoms with Gasteiger partial charge in [-0.2, -0.15) is 0 Å². The number of nitrogens with one attached hydrogen (secondary N) is 1. The molecule has 0 unspecified atom stereocenters. The van der Waals surface area contributed by atoms with Crippen molar-refractivity contribution in [2.24, 2.45) is 0 Å². The van der Waals surface area contributed by atoms with E-state index in [-0.39, 0.29) is 56.6 Å². The molecule has 0 aromatic rings. The zero-order valence-corrected chi connectivity index (χ0v) is 29.7. The molecule has 264 valence electrons. The first-order valence-corrected chi connectivity index (χ1v) is 16.1. The molecule has 0 radical (unpaired) electrons. The van der Waals surface area contributed by atoms with Crippen molar-refractivity contribution in [3.63, 3.8) is 0 Å². The van der Waals surface area contributed by atoms with E-state index in [4.69, 9.17) is 25.4 Å². The molecule has 1 aliphatic rings. The van der Waals surface area contributed by atoms with Gasteiger partial charge in [0.1, 0.15) is 23.4 Å². The summed E-state index contributed by atoms with van der Waals surface area (Å²) in [7, 11) is 0. The lowest BCUT2D eigenvalue weighted by atomic mass is 10.2. The van der Waals surface area contributed by atoms with Crippen molar-refractivity contribution in [1.29, 1.82) is 0 Å². The highest BCUT2D eigenvalue weighted by molar-refractivity contribution is 5.78. The van der Waals surface area contributed by atoms with Crippen molar-refractivity contribution in [2.75, 3.05) is 98.3 Å². The highest BCUT2D eigenvalue weighted by Crippen LogP contribution is 2.11.